The van der Waals surface area contributed by atoms with Crippen LogP contribution < -0.4 is 10.1 Å². The lowest BCUT2D eigenvalue weighted by Crippen LogP contribution is -2.14. The minimum absolute atomic E-state index is 0.248. The predicted octanol–water partition coefficient (Wildman–Crippen LogP) is 6.01. The van der Waals surface area contributed by atoms with E-state index in [-0.39, 0.29) is 12.5 Å². The number of nitrogens with one attached hydrogen (secondary N) is 1. The number of carbonyl (C=O) groups excluding carboxylic acids is 2. The molecule has 150 valence electrons. The van der Waals surface area contributed by atoms with Crippen molar-refractivity contribution in [2.24, 2.45) is 0 Å². The minimum atomic E-state index is -0.469. The number of hydrogen-bond donors (Lipinski definition) is 1. The molecule has 0 aliphatic heterocycles. The Morgan fingerprint density at radius 3 is 2.31 bits per heavy atom. The Labute approximate surface area is 181 Å². The van der Waals surface area contributed by atoms with E-state index in [9.17, 15) is 9.59 Å². The maximum atomic E-state index is 12.7. The van der Waals surface area contributed by atoms with Gasteiger partial charge in [-0.25, -0.2) is 4.79 Å². The quantitative estimate of drug-likeness (QED) is 0.427. The van der Waals surface area contributed by atoms with Crippen LogP contribution in [-0.4, -0.2) is 25.1 Å². The standard InChI is InChI=1S/C22H20BrNO4S/c1-3-27-17-11-7-14(8-12-17)18-13-29-21(19(18)22(26)28-4-2)24-20(25)15-5-9-16(23)10-6-15/h5-13H,3-4H2,1-2H3,(H,24,25). The molecule has 3 aromatic rings. The van der Waals surface area contributed by atoms with Crippen LogP contribution in [0.2, 0.25) is 0 Å². The molecule has 0 aliphatic carbocycles. The maximum Gasteiger partial charge on any atom is 0.341 e. The third kappa shape index (κ3) is 5.05. The van der Waals surface area contributed by atoms with Crippen molar-refractivity contribution >= 4 is 44.1 Å². The molecule has 7 heteroatoms. The van der Waals surface area contributed by atoms with Crippen molar-refractivity contribution in [2.45, 2.75) is 13.8 Å². The van der Waals surface area contributed by atoms with E-state index in [0.29, 0.717) is 28.3 Å². The number of hydrogen-bond acceptors (Lipinski definition) is 5. The van der Waals surface area contributed by atoms with Gasteiger partial charge in [-0.15, -0.1) is 11.3 Å². The van der Waals surface area contributed by atoms with Gasteiger partial charge in [0, 0.05) is 21.0 Å². The van der Waals surface area contributed by atoms with Crippen LogP contribution >= 0.6 is 27.3 Å². The van der Waals surface area contributed by atoms with Gasteiger partial charge in [-0.1, -0.05) is 28.1 Å². The summed E-state index contributed by atoms with van der Waals surface area (Å²) in [6, 6.07) is 14.5. The Morgan fingerprint density at radius 1 is 1.00 bits per heavy atom. The highest BCUT2D eigenvalue weighted by atomic mass is 79.9. The minimum Gasteiger partial charge on any atom is -0.494 e. The smallest absolute Gasteiger partial charge is 0.341 e. The van der Waals surface area contributed by atoms with Gasteiger partial charge in [0.25, 0.3) is 5.91 Å². The van der Waals surface area contributed by atoms with Crippen LogP contribution in [-0.2, 0) is 4.74 Å². The molecule has 0 saturated carbocycles. The number of ether oxygens (including phenoxy) is 2. The molecule has 0 fully saturated rings. The van der Waals surface area contributed by atoms with Crippen LogP contribution in [0.25, 0.3) is 11.1 Å². The number of thiophene rings is 1. The van der Waals surface area contributed by atoms with Gasteiger partial charge < -0.3 is 14.8 Å². The Hall–Kier alpha value is -2.64. The summed E-state index contributed by atoms with van der Waals surface area (Å²) in [6.45, 7) is 4.50. The van der Waals surface area contributed by atoms with E-state index >= 15 is 0 Å². The van der Waals surface area contributed by atoms with Crippen molar-refractivity contribution in [3.63, 3.8) is 0 Å². The molecule has 0 atom stereocenters. The van der Waals surface area contributed by atoms with Crippen LogP contribution in [0.4, 0.5) is 5.00 Å². The largest absolute Gasteiger partial charge is 0.494 e. The van der Waals surface area contributed by atoms with E-state index < -0.39 is 5.97 Å². The SMILES string of the molecule is CCOC(=O)c1c(-c2ccc(OCC)cc2)csc1NC(=O)c1ccc(Br)cc1. The summed E-state index contributed by atoms with van der Waals surface area (Å²) in [6.07, 6.45) is 0. The van der Waals surface area contributed by atoms with Gasteiger partial charge in [-0.3, -0.25) is 4.79 Å². The number of amides is 1. The Bertz CT molecular complexity index is 997. The van der Waals surface area contributed by atoms with Gasteiger partial charge in [0.15, 0.2) is 0 Å². The topological polar surface area (TPSA) is 64.6 Å². The van der Waals surface area contributed by atoms with Crippen molar-refractivity contribution in [1.29, 1.82) is 0 Å². The summed E-state index contributed by atoms with van der Waals surface area (Å²) in [4.78, 5) is 25.3. The zero-order chi connectivity index (χ0) is 20.8. The fourth-order valence-electron chi connectivity index (χ4n) is 2.74. The second kappa shape index (κ2) is 9.71. The summed E-state index contributed by atoms with van der Waals surface area (Å²) in [5, 5.41) is 5.15. The number of benzene rings is 2. The van der Waals surface area contributed by atoms with Gasteiger partial charge in [-0.2, -0.15) is 0 Å². The molecule has 5 nitrogen and oxygen atoms in total. The maximum absolute atomic E-state index is 12.7. The summed E-state index contributed by atoms with van der Waals surface area (Å²) in [5.74, 6) is -0.000174. The van der Waals surface area contributed by atoms with Gasteiger partial charge in [0.2, 0.25) is 0 Å². The van der Waals surface area contributed by atoms with Crippen LogP contribution in [0, 0.1) is 0 Å². The van der Waals surface area contributed by atoms with Gasteiger partial charge in [0.05, 0.1) is 13.2 Å². The van der Waals surface area contributed by atoms with E-state index in [4.69, 9.17) is 9.47 Å². The lowest BCUT2D eigenvalue weighted by atomic mass is 10.0. The second-order valence-corrected chi connectivity index (χ2v) is 7.79. The highest BCUT2D eigenvalue weighted by Crippen LogP contribution is 2.37. The number of esters is 1. The van der Waals surface area contributed by atoms with Gasteiger partial charge in [-0.05, 0) is 55.8 Å². The molecular formula is C22H20BrNO4S. The highest BCUT2D eigenvalue weighted by molar-refractivity contribution is 9.10. The van der Waals surface area contributed by atoms with Crippen molar-refractivity contribution < 1.29 is 19.1 Å². The van der Waals surface area contributed by atoms with Crippen molar-refractivity contribution in [1.82, 2.24) is 0 Å². The normalized spacial score (nSPS) is 10.4. The van der Waals surface area contributed by atoms with E-state index in [0.717, 1.165) is 15.8 Å². The highest BCUT2D eigenvalue weighted by Gasteiger charge is 2.23. The first-order valence-corrected chi connectivity index (χ1v) is 10.8. The molecule has 29 heavy (non-hydrogen) atoms. The Balaban J connectivity index is 1.94. The van der Waals surface area contributed by atoms with E-state index in [1.165, 1.54) is 11.3 Å². The number of rotatable bonds is 7. The van der Waals surface area contributed by atoms with Gasteiger partial charge >= 0.3 is 5.97 Å². The van der Waals surface area contributed by atoms with Crippen LogP contribution in [0.15, 0.2) is 58.4 Å². The van der Waals surface area contributed by atoms with E-state index in [1.54, 1.807) is 31.2 Å². The first-order chi connectivity index (χ1) is 14.0. The summed E-state index contributed by atoms with van der Waals surface area (Å²) in [7, 11) is 0. The fraction of sp³-hybridized carbons (Fsp3) is 0.182. The summed E-state index contributed by atoms with van der Waals surface area (Å²) >= 11 is 4.65. The summed E-state index contributed by atoms with van der Waals surface area (Å²) in [5.41, 5.74) is 2.41. The lowest BCUT2D eigenvalue weighted by molar-refractivity contribution is 0.0529. The molecule has 1 amide bonds. The number of halogens is 1. The molecule has 0 unspecified atom stereocenters. The fourth-order valence-corrected chi connectivity index (χ4v) is 3.96. The zero-order valence-corrected chi connectivity index (χ0v) is 18.4. The molecule has 1 aromatic heterocycles. The average molecular weight is 474 g/mol. The zero-order valence-electron chi connectivity index (χ0n) is 16.0. The number of anilines is 1. The monoisotopic (exact) mass is 473 g/mol. The lowest BCUT2D eigenvalue weighted by Gasteiger charge is -2.09. The molecular weight excluding hydrogens is 454 g/mol. The van der Waals surface area contributed by atoms with E-state index in [1.807, 2.05) is 36.6 Å². The van der Waals surface area contributed by atoms with E-state index in [2.05, 4.69) is 21.2 Å². The molecule has 0 bridgehead atoms. The molecule has 3 rings (SSSR count). The Morgan fingerprint density at radius 2 is 1.69 bits per heavy atom. The van der Waals surface area contributed by atoms with Crippen LogP contribution in [0.3, 0.4) is 0 Å². The molecule has 0 spiro atoms. The first kappa shape index (κ1) is 21.1. The van der Waals surface area contributed by atoms with Gasteiger partial charge in [0.1, 0.15) is 16.3 Å². The molecule has 2 aromatic carbocycles. The first-order valence-electron chi connectivity index (χ1n) is 9.12. The third-order valence-electron chi connectivity index (χ3n) is 4.08. The molecule has 0 aliphatic rings. The predicted molar refractivity (Wildman–Crippen MR) is 119 cm³/mol. The molecule has 1 N–H and O–H groups in total. The van der Waals surface area contributed by atoms with Crippen molar-refractivity contribution in [2.75, 3.05) is 18.5 Å². The molecule has 1 heterocycles. The third-order valence-corrected chi connectivity index (χ3v) is 5.50. The number of carbonyl (C=O) groups is 2. The Kier molecular flexibility index (Phi) is 7.06. The van der Waals surface area contributed by atoms with Crippen molar-refractivity contribution in [3.8, 4) is 16.9 Å². The molecule has 0 saturated heterocycles. The van der Waals surface area contributed by atoms with Crippen LogP contribution in [0.5, 0.6) is 5.75 Å². The molecule has 0 radical (unpaired) electrons. The average Bonchev–Trinajstić information content (AvgIpc) is 3.13. The van der Waals surface area contributed by atoms with Crippen LogP contribution in [0.1, 0.15) is 34.6 Å². The second-order valence-electron chi connectivity index (χ2n) is 5.99. The summed E-state index contributed by atoms with van der Waals surface area (Å²) < 4.78 is 11.6. The van der Waals surface area contributed by atoms with Crippen molar-refractivity contribution in [3.05, 3.63) is 69.5 Å².